The minimum atomic E-state index is -0.851. The van der Waals surface area contributed by atoms with Gasteiger partial charge in [0.25, 0.3) is 11.8 Å². The summed E-state index contributed by atoms with van der Waals surface area (Å²) < 4.78 is 13.3. The molecule has 1 aliphatic rings. The van der Waals surface area contributed by atoms with Crippen molar-refractivity contribution in [2.45, 2.75) is 6.42 Å². The molecule has 2 N–H and O–H groups in total. The zero-order valence-electron chi connectivity index (χ0n) is 12.8. The van der Waals surface area contributed by atoms with Crippen LogP contribution in [0.1, 0.15) is 16.7 Å². The Morgan fingerprint density at radius 3 is 2.36 bits per heavy atom. The van der Waals surface area contributed by atoms with Crippen LogP contribution in [0.25, 0.3) is 6.08 Å². The second-order valence-corrected chi connectivity index (χ2v) is 5.86. The number of hydrogen-bond acceptors (Lipinski definition) is 3. The summed E-state index contributed by atoms with van der Waals surface area (Å²) in [6.45, 7) is 0. The summed E-state index contributed by atoms with van der Waals surface area (Å²) in [6, 6.07) is 10.4. The van der Waals surface area contributed by atoms with Crippen molar-refractivity contribution in [1.82, 2.24) is 10.6 Å². The Labute approximate surface area is 147 Å². The third kappa shape index (κ3) is 3.92. The molecule has 0 unspecified atom stereocenters. The third-order valence-corrected chi connectivity index (χ3v) is 3.97. The first-order valence-corrected chi connectivity index (χ1v) is 7.71. The summed E-state index contributed by atoms with van der Waals surface area (Å²) in [5.74, 6) is -1.86. The molecule has 0 aromatic heterocycles. The molecule has 4 amide bonds. The van der Waals surface area contributed by atoms with E-state index in [4.69, 9.17) is 11.6 Å². The fraction of sp³-hybridized carbons (Fsp3) is 0.0556. The van der Waals surface area contributed by atoms with Gasteiger partial charge in [-0.3, -0.25) is 20.2 Å². The summed E-state index contributed by atoms with van der Waals surface area (Å²) in [4.78, 5) is 34.5. The Morgan fingerprint density at radius 2 is 1.72 bits per heavy atom. The van der Waals surface area contributed by atoms with E-state index < -0.39 is 17.8 Å². The van der Waals surface area contributed by atoms with Crippen molar-refractivity contribution >= 4 is 35.5 Å². The standard InChI is InChI=1S/C18H12ClFN2O3/c19-15-9-11(8-14-16(23)21-18(25)22-17(14)24)4-5-12(15)6-10-2-1-3-13(20)7-10/h1-5,7-9H,6H2,(H2,21,22,23,24,25). The normalized spacial score (nSPS) is 14.2. The molecule has 25 heavy (non-hydrogen) atoms. The highest BCUT2D eigenvalue weighted by Gasteiger charge is 2.27. The summed E-state index contributed by atoms with van der Waals surface area (Å²) in [5, 5.41) is 4.42. The van der Waals surface area contributed by atoms with Crippen LogP contribution < -0.4 is 10.6 Å². The first-order valence-electron chi connectivity index (χ1n) is 7.33. The zero-order chi connectivity index (χ0) is 18.0. The van der Waals surface area contributed by atoms with Crippen LogP contribution in [-0.2, 0) is 16.0 Å². The van der Waals surface area contributed by atoms with Crippen LogP contribution in [0.15, 0.2) is 48.0 Å². The van der Waals surface area contributed by atoms with E-state index in [0.717, 1.165) is 11.1 Å². The molecule has 0 radical (unpaired) electrons. The second-order valence-electron chi connectivity index (χ2n) is 5.45. The van der Waals surface area contributed by atoms with Gasteiger partial charge in [0.15, 0.2) is 0 Å². The number of carbonyl (C=O) groups excluding carboxylic acids is 3. The fourth-order valence-corrected chi connectivity index (χ4v) is 2.69. The lowest BCUT2D eigenvalue weighted by molar-refractivity contribution is -0.123. The molecule has 126 valence electrons. The average Bonchev–Trinajstić information content (AvgIpc) is 2.53. The Morgan fingerprint density at radius 1 is 1.00 bits per heavy atom. The number of amides is 4. The van der Waals surface area contributed by atoms with Gasteiger partial charge in [-0.25, -0.2) is 9.18 Å². The van der Waals surface area contributed by atoms with Crippen molar-refractivity contribution in [2.24, 2.45) is 0 Å². The molecule has 0 aliphatic carbocycles. The molecule has 2 aromatic carbocycles. The van der Waals surface area contributed by atoms with Crippen LogP contribution in [0.5, 0.6) is 0 Å². The minimum absolute atomic E-state index is 0.187. The average molecular weight is 359 g/mol. The molecule has 0 spiro atoms. The maximum Gasteiger partial charge on any atom is 0.328 e. The van der Waals surface area contributed by atoms with Gasteiger partial charge in [0.1, 0.15) is 11.4 Å². The maximum absolute atomic E-state index is 13.3. The molecule has 1 fully saturated rings. The van der Waals surface area contributed by atoms with Gasteiger partial charge >= 0.3 is 6.03 Å². The van der Waals surface area contributed by atoms with Crippen molar-refractivity contribution in [1.29, 1.82) is 0 Å². The molecule has 0 saturated carbocycles. The molecular formula is C18H12ClFN2O3. The summed E-state index contributed by atoms with van der Waals surface area (Å²) in [6.07, 6.45) is 1.79. The van der Waals surface area contributed by atoms with Crippen LogP contribution in [0.2, 0.25) is 5.02 Å². The number of nitrogens with one attached hydrogen (secondary N) is 2. The fourth-order valence-electron chi connectivity index (χ4n) is 2.44. The predicted octanol–water partition coefficient (Wildman–Crippen LogP) is 2.82. The SMILES string of the molecule is O=C1NC(=O)C(=Cc2ccc(Cc3cccc(F)c3)c(Cl)c2)C(=O)N1. The maximum atomic E-state index is 13.3. The molecule has 5 nitrogen and oxygen atoms in total. The number of hydrogen-bond donors (Lipinski definition) is 2. The molecule has 7 heteroatoms. The number of urea groups is 1. The van der Waals surface area contributed by atoms with Crippen LogP contribution in [0.4, 0.5) is 9.18 Å². The van der Waals surface area contributed by atoms with E-state index in [0.29, 0.717) is 17.0 Å². The number of carbonyl (C=O) groups is 3. The van der Waals surface area contributed by atoms with Crippen LogP contribution in [0.3, 0.4) is 0 Å². The van der Waals surface area contributed by atoms with E-state index in [1.807, 2.05) is 10.6 Å². The van der Waals surface area contributed by atoms with Crippen LogP contribution >= 0.6 is 11.6 Å². The lowest BCUT2D eigenvalue weighted by Gasteiger charge is -2.14. The molecule has 1 heterocycles. The molecule has 0 bridgehead atoms. The first-order chi connectivity index (χ1) is 11.9. The molecule has 3 rings (SSSR count). The lowest BCUT2D eigenvalue weighted by Crippen LogP contribution is -2.51. The molecule has 0 atom stereocenters. The highest BCUT2D eigenvalue weighted by atomic mass is 35.5. The first kappa shape index (κ1) is 16.9. The Bertz CT molecular complexity index is 902. The van der Waals surface area contributed by atoms with Crippen LogP contribution in [-0.4, -0.2) is 17.8 Å². The van der Waals surface area contributed by atoms with E-state index in [1.54, 1.807) is 30.3 Å². The number of rotatable bonds is 3. The summed E-state index contributed by atoms with van der Waals surface area (Å²) in [5.41, 5.74) is 1.90. The zero-order valence-corrected chi connectivity index (χ0v) is 13.6. The largest absolute Gasteiger partial charge is 0.328 e. The van der Waals surface area contributed by atoms with Crippen LogP contribution in [0, 0.1) is 5.82 Å². The highest BCUT2D eigenvalue weighted by molar-refractivity contribution is 6.32. The van der Waals surface area contributed by atoms with Crippen molar-refractivity contribution in [3.8, 4) is 0 Å². The number of barbiturate groups is 1. The van der Waals surface area contributed by atoms with E-state index >= 15 is 0 Å². The van der Waals surface area contributed by atoms with Gasteiger partial charge in [0.05, 0.1) is 0 Å². The van der Waals surface area contributed by atoms with Gasteiger partial charge in [0, 0.05) is 5.02 Å². The van der Waals surface area contributed by atoms with Crippen molar-refractivity contribution in [3.05, 3.63) is 75.6 Å². The van der Waals surface area contributed by atoms with E-state index in [1.165, 1.54) is 18.2 Å². The quantitative estimate of drug-likeness (QED) is 0.654. The molecule has 1 saturated heterocycles. The summed E-state index contributed by atoms with van der Waals surface area (Å²) >= 11 is 6.25. The van der Waals surface area contributed by atoms with Crippen molar-refractivity contribution in [2.75, 3.05) is 0 Å². The minimum Gasteiger partial charge on any atom is -0.273 e. The number of imide groups is 2. The lowest BCUT2D eigenvalue weighted by atomic mass is 10.0. The number of halogens is 2. The van der Waals surface area contributed by atoms with Gasteiger partial charge in [-0.05, 0) is 47.4 Å². The van der Waals surface area contributed by atoms with Crippen molar-refractivity contribution in [3.63, 3.8) is 0 Å². The monoisotopic (exact) mass is 358 g/mol. The molecule has 1 aliphatic heterocycles. The topological polar surface area (TPSA) is 75.3 Å². The third-order valence-electron chi connectivity index (χ3n) is 3.62. The predicted molar refractivity (Wildman–Crippen MR) is 90.3 cm³/mol. The van der Waals surface area contributed by atoms with E-state index in [-0.39, 0.29) is 11.4 Å². The molecule has 2 aromatic rings. The highest BCUT2D eigenvalue weighted by Crippen LogP contribution is 2.23. The smallest absolute Gasteiger partial charge is 0.273 e. The van der Waals surface area contributed by atoms with E-state index in [9.17, 15) is 18.8 Å². The van der Waals surface area contributed by atoms with Gasteiger partial charge in [0.2, 0.25) is 0 Å². The Balaban J connectivity index is 1.84. The summed E-state index contributed by atoms with van der Waals surface area (Å²) in [7, 11) is 0. The Kier molecular flexibility index (Phi) is 4.63. The van der Waals surface area contributed by atoms with Gasteiger partial charge in [-0.1, -0.05) is 35.9 Å². The van der Waals surface area contributed by atoms with E-state index in [2.05, 4.69) is 0 Å². The second kappa shape index (κ2) is 6.86. The van der Waals surface area contributed by atoms with Crippen molar-refractivity contribution < 1.29 is 18.8 Å². The Hall–Kier alpha value is -2.99. The van der Waals surface area contributed by atoms with Gasteiger partial charge in [-0.2, -0.15) is 0 Å². The number of benzene rings is 2. The molecular weight excluding hydrogens is 347 g/mol. The van der Waals surface area contributed by atoms with Gasteiger partial charge < -0.3 is 0 Å². The van der Waals surface area contributed by atoms with Gasteiger partial charge in [-0.15, -0.1) is 0 Å².